The number of carbonyl (C=O) groups is 1. The Labute approximate surface area is 183 Å². The van der Waals surface area contributed by atoms with Crippen molar-refractivity contribution in [1.82, 2.24) is 5.32 Å². The van der Waals surface area contributed by atoms with Crippen LogP contribution in [-0.4, -0.2) is 47.4 Å². The lowest BCUT2D eigenvalue weighted by Gasteiger charge is -2.23. The fourth-order valence-corrected chi connectivity index (χ4v) is 4.32. The van der Waals surface area contributed by atoms with Crippen molar-refractivity contribution >= 4 is 21.6 Å². The lowest BCUT2D eigenvalue weighted by atomic mass is 10.1. The molecule has 168 valence electrons. The molecule has 0 bridgehead atoms. The quantitative estimate of drug-likeness (QED) is 0.634. The van der Waals surface area contributed by atoms with Crippen LogP contribution < -0.4 is 23.8 Å². The highest BCUT2D eigenvalue weighted by molar-refractivity contribution is 7.92. The maximum atomic E-state index is 12.4. The number of amides is 1. The van der Waals surface area contributed by atoms with Gasteiger partial charge in [0.25, 0.3) is 0 Å². The Morgan fingerprint density at radius 1 is 1.16 bits per heavy atom. The molecule has 2 aromatic carbocycles. The van der Waals surface area contributed by atoms with Gasteiger partial charge in [-0.2, -0.15) is 0 Å². The van der Waals surface area contributed by atoms with Gasteiger partial charge in [0.15, 0.2) is 11.5 Å². The molecular formula is C22H28N2O6S. The molecule has 2 aromatic rings. The Hall–Kier alpha value is -2.94. The molecule has 0 aromatic heterocycles. The summed E-state index contributed by atoms with van der Waals surface area (Å²) in [6.07, 6.45) is 1.73. The Balaban J connectivity index is 1.56. The molecule has 1 N–H and O–H groups in total. The molecule has 9 heteroatoms. The number of ether oxygens (including phenoxy) is 3. The second-order valence-corrected chi connectivity index (χ2v) is 9.24. The van der Waals surface area contributed by atoms with E-state index in [0.29, 0.717) is 42.6 Å². The van der Waals surface area contributed by atoms with Crippen molar-refractivity contribution in [2.75, 3.05) is 37.4 Å². The number of anilines is 1. The maximum Gasteiger partial charge on any atom is 0.232 e. The molecule has 0 spiro atoms. The number of hydrogen-bond donors (Lipinski definition) is 1. The fourth-order valence-electron chi connectivity index (χ4n) is 3.36. The smallest absolute Gasteiger partial charge is 0.232 e. The minimum atomic E-state index is -3.50. The third kappa shape index (κ3) is 6.04. The van der Waals surface area contributed by atoms with Gasteiger partial charge in [-0.15, -0.1) is 0 Å². The predicted octanol–water partition coefficient (Wildman–Crippen LogP) is 2.89. The van der Waals surface area contributed by atoms with Gasteiger partial charge in [-0.05, 0) is 43.2 Å². The van der Waals surface area contributed by atoms with Gasteiger partial charge in [0, 0.05) is 19.0 Å². The van der Waals surface area contributed by atoms with Crippen molar-refractivity contribution in [1.29, 1.82) is 0 Å². The van der Waals surface area contributed by atoms with Crippen molar-refractivity contribution in [3.63, 3.8) is 0 Å². The molecule has 0 aliphatic carbocycles. The molecule has 1 aliphatic heterocycles. The lowest BCUT2D eigenvalue weighted by Crippen LogP contribution is -2.32. The molecule has 1 heterocycles. The number of benzene rings is 2. The number of hydrogen-bond acceptors (Lipinski definition) is 6. The second kappa shape index (κ2) is 9.91. The SMILES string of the molecule is COc1cccc(N(CCCC(=O)N[C@@H](C)c2ccc3c(c2)OCCO3)S(C)(=O)=O)c1. The van der Waals surface area contributed by atoms with E-state index < -0.39 is 10.0 Å². The number of nitrogens with zero attached hydrogens (tertiary/aromatic N) is 1. The first-order valence-corrected chi connectivity index (χ1v) is 11.9. The molecule has 0 unspecified atom stereocenters. The van der Waals surface area contributed by atoms with E-state index in [-0.39, 0.29) is 24.9 Å². The molecule has 0 fully saturated rings. The highest BCUT2D eigenvalue weighted by Gasteiger charge is 2.19. The van der Waals surface area contributed by atoms with Crippen molar-refractivity contribution in [2.45, 2.75) is 25.8 Å². The zero-order valence-electron chi connectivity index (χ0n) is 18.0. The summed E-state index contributed by atoms with van der Waals surface area (Å²) in [5, 5.41) is 2.95. The van der Waals surface area contributed by atoms with Gasteiger partial charge in [-0.3, -0.25) is 9.10 Å². The van der Waals surface area contributed by atoms with Crippen molar-refractivity contribution in [2.24, 2.45) is 0 Å². The van der Waals surface area contributed by atoms with Crippen LogP contribution >= 0.6 is 0 Å². The Morgan fingerprint density at radius 2 is 1.90 bits per heavy atom. The van der Waals surface area contributed by atoms with Crippen LogP contribution in [0, 0.1) is 0 Å². The third-order valence-electron chi connectivity index (χ3n) is 4.95. The largest absolute Gasteiger partial charge is 0.497 e. The Morgan fingerprint density at radius 3 is 2.61 bits per heavy atom. The number of fused-ring (bicyclic) bond motifs is 1. The summed E-state index contributed by atoms with van der Waals surface area (Å²) in [4.78, 5) is 12.4. The zero-order valence-corrected chi connectivity index (χ0v) is 18.8. The minimum Gasteiger partial charge on any atom is -0.497 e. The standard InChI is InChI=1S/C22H28N2O6S/c1-16(17-9-10-20-21(14-17)30-13-12-29-20)23-22(25)8-5-11-24(31(3,26)27)18-6-4-7-19(15-18)28-2/h4,6-7,9-10,14-16H,5,8,11-13H2,1-3H3,(H,23,25)/t16-/m0/s1. The molecular weight excluding hydrogens is 420 g/mol. The van der Waals surface area contributed by atoms with E-state index in [1.54, 1.807) is 24.3 Å². The highest BCUT2D eigenvalue weighted by atomic mass is 32.2. The number of methoxy groups -OCH3 is 1. The molecule has 31 heavy (non-hydrogen) atoms. The van der Waals surface area contributed by atoms with Gasteiger partial charge < -0.3 is 19.5 Å². The molecule has 0 saturated heterocycles. The average Bonchev–Trinajstić information content (AvgIpc) is 2.75. The van der Waals surface area contributed by atoms with Gasteiger partial charge in [0.2, 0.25) is 15.9 Å². The van der Waals surface area contributed by atoms with E-state index in [1.165, 1.54) is 11.4 Å². The van der Waals surface area contributed by atoms with E-state index in [1.807, 2.05) is 25.1 Å². The van der Waals surface area contributed by atoms with E-state index in [0.717, 1.165) is 11.8 Å². The first-order chi connectivity index (χ1) is 14.8. The van der Waals surface area contributed by atoms with E-state index in [4.69, 9.17) is 14.2 Å². The molecule has 0 saturated carbocycles. The van der Waals surface area contributed by atoms with Crippen LogP contribution in [0.4, 0.5) is 5.69 Å². The molecule has 8 nitrogen and oxygen atoms in total. The van der Waals surface area contributed by atoms with Crippen LogP contribution in [0.15, 0.2) is 42.5 Å². The summed E-state index contributed by atoms with van der Waals surface area (Å²) in [7, 11) is -1.97. The second-order valence-electron chi connectivity index (χ2n) is 7.33. The average molecular weight is 449 g/mol. The zero-order chi connectivity index (χ0) is 22.4. The van der Waals surface area contributed by atoms with Crippen molar-refractivity contribution in [3.8, 4) is 17.2 Å². The van der Waals surface area contributed by atoms with Gasteiger partial charge in [-0.1, -0.05) is 12.1 Å². The Bertz CT molecular complexity index is 1020. The molecule has 1 aliphatic rings. The first kappa shape index (κ1) is 22.7. The molecule has 3 rings (SSSR count). The molecule has 1 amide bonds. The Kier molecular flexibility index (Phi) is 7.27. The van der Waals surface area contributed by atoms with Gasteiger partial charge in [0.05, 0.1) is 25.1 Å². The summed E-state index contributed by atoms with van der Waals surface area (Å²) in [5.74, 6) is 1.79. The van der Waals surface area contributed by atoms with Crippen LogP contribution in [0.25, 0.3) is 0 Å². The fraction of sp³-hybridized carbons (Fsp3) is 0.409. The summed E-state index contributed by atoms with van der Waals surface area (Å²) in [5.41, 5.74) is 1.42. The number of sulfonamides is 1. The minimum absolute atomic E-state index is 0.151. The van der Waals surface area contributed by atoms with Gasteiger partial charge in [0.1, 0.15) is 19.0 Å². The van der Waals surface area contributed by atoms with Gasteiger partial charge >= 0.3 is 0 Å². The number of carbonyl (C=O) groups excluding carboxylic acids is 1. The van der Waals surface area contributed by atoms with Crippen LogP contribution in [0.2, 0.25) is 0 Å². The maximum absolute atomic E-state index is 12.4. The normalized spacial score (nSPS) is 13.9. The number of rotatable bonds is 9. The predicted molar refractivity (Wildman–Crippen MR) is 118 cm³/mol. The van der Waals surface area contributed by atoms with E-state index >= 15 is 0 Å². The van der Waals surface area contributed by atoms with Crippen LogP contribution in [0.3, 0.4) is 0 Å². The summed E-state index contributed by atoms with van der Waals surface area (Å²) in [6.45, 7) is 3.11. The van der Waals surface area contributed by atoms with Crippen LogP contribution in [0.5, 0.6) is 17.2 Å². The van der Waals surface area contributed by atoms with E-state index in [2.05, 4.69) is 5.32 Å². The van der Waals surface area contributed by atoms with E-state index in [9.17, 15) is 13.2 Å². The topological polar surface area (TPSA) is 94.2 Å². The first-order valence-electron chi connectivity index (χ1n) is 10.1. The van der Waals surface area contributed by atoms with Crippen LogP contribution in [-0.2, 0) is 14.8 Å². The summed E-state index contributed by atoms with van der Waals surface area (Å²) in [6, 6.07) is 12.2. The van der Waals surface area contributed by atoms with Gasteiger partial charge in [-0.25, -0.2) is 8.42 Å². The monoisotopic (exact) mass is 448 g/mol. The summed E-state index contributed by atoms with van der Waals surface area (Å²) < 4.78 is 42.1. The molecule has 0 radical (unpaired) electrons. The van der Waals surface area contributed by atoms with Crippen LogP contribution in [0.1, 0.15) is 31.4 Å². The molecule has 1 atom stereocenters. The number of nitrogens with one attached hydrogen (secondary N) is 1. The van der Waals surface area contributed by atoms with Crippen molar-refractivity contribution in [3.05, 3.63) is 48.0 Å². The van der Waals surface area contributed by atoms with Crippen molar-refractivity contribution < 1.29 is 27.4 Å². The summed E-state index contributed by atoms with van der Waals surface area (Å²) >= 11 is 0. The lowest BCUT2D eigenvalue weighted by molar-refractivity contribution is -0.121. The highest BCUT2D eigenvalue weighted by Crippen LogP contribution is 2.32. The third-order valence-corrected chi connectivity index (χ3v) is 6.14.